The third-order valence-corrected chi connectivity index (χ3v) is 8.68. The first kappa shape index (κ1) is 38.7. The lowest BCUT2D eigenvalue weighted by molar-refractivity contribution is -0.143. The lowest BCUT2D eigenvalue weighted by Crippen LogP contribution is -2.62. The zero-order valence-electron chi connectivity index (χ0n) is 29.7. The van der Waals surface area contributed by atoms with Crippen molar-refractivity contribution in [3.63, 3.8) is 0 Å². The summed E-state index contributed by atoms with van der Waals surface area (Å²) in [5, 5.41) is 11.5. The molecule has 0 saturated carbocycles. The number of carbonyl (C=O) groups is 6. The summed E-state index contributed by atoms with van der Waals surface area (Å²) in [5.41, 5.74) is -0.125. The molecule has 260 valence electrons. The Morgan fingerprint density at radius 2 is 1.61 bits per heavy atom. The molecule has 2 aliphatic rings. The van der Waals surface area contributed by atoms with Crippen LogP contribution in [0.2, 0.25) is 0 Å². The summed E-state index contributed by atoms with van der Waals surface area (Å²) in [6.07, 6.45) is 5.07. The van der Waals surface area contributed by atoms with Crippen molar-refractivity contribution in [2.45, 2.75) is 126 Å². The molecule has 0 bridgehead atoms. The van der Waals surface area contributed by atoms with Crippen LogP contribution in [0, 0.1) is 16.7 Å². The first-order valence-corrected chi connectivity index (χ1v) is 16.7. The van der Waals surface area contributed by atoms with Gasteiger partial charge in [-0.2, -0.15) is 0 Å². The Labute approximate surface area is 275 Å². The highest BCUT2D eigenvalue weighted by Gasteiger charge is 2.46. The molecule has 2 rings (SSSR count). The third-order valence-electron chi connectivity index (χ3n) is 8.68. The first-order chi connectivity index (χ1) is 21.3. The molecular weight excluding hydrogens is 588 g/mol. The number of unbranched alkanes of at least 4 members (excludes halogenated alkanes) is 1. The van der Waals surface area contributed by atoms with Crippen molar-refractivity contribution in [2.75, 3.05) is 26.2 Å². The number of hydrogen-bond acceptors (Lipinski definition) is 6. The van der Waals surface area contributed by atoms with Crippen molar-refractivity contribution < 1.29 is 28.8 Å². The van der Waals surface area contributed by atoms with Crippen LogP contribution in [0.4, 0.5) is 9.59 Å². The SMILES string of the molecule is CCCCC(NC(=O)[C@@H]1[C@@H](C=C(C)C)CCN1C(=O)[C@@H](NC(=O)N[C@H](CN1CCCNC1=O)C(C)(C)C)C(C)(C)C)C(=O)C(C)=O. The van der Waals surface area contributed by atoms with Crippen LogP contribution in [0.1, 0.15) is 101 Å². The highest BCUT2D eigenvalue weighted by atomic mass is 16.2. The second-order valence-electron chi connectivity index (χ2n) is 15.2. The van der Waals surface area contributed by atoms with Gasteiger partial charge in [-0.25, -0.2) is 9.59 Å². The fraction of sp³-hybridized carbons (Fsp3) is 0.765. The van der Waals surface area contributed by atoms with E-state index >= 15 is 0 Å². The molecule has 1 unspecified atom stereocenters. The maximum absolute atomic E-state index is 14.3. The van der Waals surface area contributed by atoms with Gasteiger partial charge in [0.2, 0.25) is 17.6 Å². The van der Waals surface area contributed by atoms with Gasteiger partial charge in [-0.05, 0) is 43.9 Å². The molecular formula is C34H58N6O6. The van der Waals surface area contributed by atoms with Gasteiger partial charge in [0, 0.05) is 39.0 Å². The molecule has 0 aromatic heterocycles. The van der Waals surface area contributed by atoms with Crippen molar-refractivity contribution in [1.29, 1.82) is 0 Å². The molecule has 0 radical (unpaired) electrons. The summed E-state index contributed by atoms with van der Waals surface area (Å²) in [6.45, 7) is 20.3. The standard InChI is InChI=1S/C34H58N6O6/c1-11-12-14-24(27(42)22(4)41)36-29(43)26-23(19-21(2)3)15-18-40(26)30(44)28(34(8,9)10)38-31(45)37-25(33(5,6)7)20-39-17-13-16-35-32(39)46/h19,23-26,28H,11-18,20H2,1-10H3,(H,35,46)(H,36,43)(H2,37,38,45)/t23-,24?,25-,26+,28-/m1/s1. The zero-order chi connectivity index (χ0) is 35.0. The summed E-state index contributed by atoms with van der Waals surface area (Å²) >= 11 is 0. The molecule has 0 aromatic carbocycles. The lowest BCUT2D eigenvalue weighted by Gasteiger charge is -2.39. The van der Waals surface area contributed by atoms with Gasteiger partial charge in [0.25, 0.3) is 0 Å². The second-order valence-corrected chi connectivity index (χ2v) is 15.2. The van der Waals surface area contributed by atoms with E-state index in [9.17, 15) is 28.8 Å². The van der Waals surface area contributed by atoms with Crippen molar-refractivity contribution in [1.82, 2.24) is 31.1 Å². The Morgan fingerprint density at radius 1 is 0.957 bits per heavy atom. The van der Waals surface area contributed by atoms with Crippen LogP contribution < -0.4 is 21.3 Å². The molecule has 12 heteroatoms. The molecule has 2 heterocycles. The fourth-order valence-corrected chi connectivity index (χ4v) is 5.94. The highest BCUT2D eigenvalue weighted by Crippen LogP contribution is 2.31. The average molecular weight is 647 g/mol. The number of carbonyl (C=O) groups excluding carboxylic acids is 6. The Hall–Kier alpha value is -3.44. The molecule has 2 saturated heterocycles. The van der Waals surface area contributed by atoms with Gasteiger partial charge in [-0.15, -0.1) is 0 Å². The van der Waals surface area contributed by atoms with Gasteiger partial charge in [0.05, 0.1) is 12.1 Å². The van der Waals surface area contributed by atoms with Crippen molar-refractivity contribution >= 4 is 35.4 Å². The topological polar surface area (TPSA) is 157 Å². The van der Waals surface area contributed by atoms with Crippen LogP contribution in [-0.2, 0) is 19.2 Å². The number of allylic oxidation sites excluding steroid dienone is 1. The molecule has 0 aliphatic carbocycles. The smallest absolute Gasteiger partial charge is 0.317 e. The normalized spacial score (nSPS) is 20.6. The first-order valence-electron chi connectivity index (χ1n) is 16.7. The quantitative estimate of drug-likeness (QED) is 0.177. The van der Waals surface area contributed by atoms with E-state index in [1.54, 1.807) is 4.90 Å². The summed E-state index contributed by atoms with van der Waals surface area (Å²) in [7, 11) is 0. The molecule has 2 aliphatic heterocycles. The molecule has 2 fully saturated rings. The number of nitrogens with zero attached hydrogens (tertiary/aromatic N) is 2. The van der Waals surface area contributed by atoms with Crippen LogP contribution in [0.25, 0.3) is 0 Å². The molecule has 6 amide bonds. The molecule has 0 spiro atoms. The van der Waals surface area contributed by atoms with Crippen molar-refractivity contribution in [2.24, 2.45) is 16.7 Å². The monoisotopic (exact) mass is 646 g/mol. The Bertz CT molecular complexity index is 1170. The van der Waals surface area contributed by atoms with Crippen LogP contribution >= 0.6 is 0 Å². The summed E-state index contributed by atoms with van der Waals surface area (Å²) < 4.78 is 0. The number of likely N-dealkylation sites (tertiary alicyclic amines) is 1. The fourth-order valence-electron chi connectivity index (χ4n) is 5.94. The number of amides is 6. The summed E-state index contributed by atoms with van der Waals surface area (Å²) in [6, 6.07) is -3.98. The van der Waals surface area contributed by atoms with Crippen LogP contribution in [-0.4, -0.2) is 95.6 Å². The summed E-state index contributed by atoms with van der Waals surface area (Å²) in [5.74, 6) is -2.48. The Kier molecular flexibility index (Phi) is 13.8. The number of Topliss-reactive ketones (excluding diaryl/α,β-unsaturated/α-hetero) is 2. The summed E-state index contributed by atoms with van der Waals surface area (Å²) in [4.78, 5) is 82.0. The lowest BCUT2D eigenvalue weighted by atomic mass is 9.85. The minimum atomic E-state index is -0.984. The van der Waals surface area contributed by atoms with Crippen molar-refractivity contribution in [3.8, 4) is 0 Å². The maximum Gasteiger partial charge on any atom is 0.317 e. The van der Waals surface area contributed by atoms with E-state index in [4.69, 9.17) is 0 Å². The van der Waals surface area contributed by atoms with E-state index < -0.39 is 64.4 Å². The number of rotatable bonds is 13. The molecule has 4 N–H and O–H groups in total. The van der Waals surface area contributed by atoms with Crippen LogP contribution in [0.3, 0.4) is 0 Å². The van der Waals surface area contributed by atoms with Gasteiger partial charge in [0.15, 0.2) is 5.78 Å². The predicted octanol–water partition coefficient (Wildman–Crippen LogP) is 3.55. The molecule has 46 heavy (non-hydrogen) atoms. The van der Waals surface area contributed by atoms with E-state index in [1.807, 2.05) is 68.4 Å². The molecule has 5 atom stereocenters. The predicted molar refractivity (Wildman–Crippen MR) is 178 cm³/mol. The van der Waals surface area contributed by atoms with Gasteiger partial charge in [-0.3, -0.25) is 19.2 Å². The van der Waals surface area contributed by atoms with Crippen LogP contribution in [0.5, 0.6) is 0 Å². The van der Waals surface area contributed by atoms with Gasteiger partial charge >= 0.3 is 12.1 Å². The average Bonchev–Trinajstić information content (AvgIpc) is 3.35. The van der Waals surface area contributed by atoms with Crippen LogP contribution in [0.15, 0.2) is 11.6 Å². The highest BCUT2D eigenvalue weighted by molar-refractivity contribution is 6.38. The largest absolute Gasteiger partial charge is 0.344 e. The van der Waals surface area contributed by atoms with E-state index in [0.717, 1.165) is 18.4 Å². The minimum Gasteiger partial charge on any atom is -0.344 e. The zero-order valence-corrected chi connectivity index (χ0v) is 29.7. The van der Waals surface area contributed by atoms with Crippen molar-refractivity contribution in [3.05, 3.63) is 11.6 Å². The Balaban J connectivity index is 2.35. The number of urea groups is 2. The van der Waals surface area contributed by atoms with Gasteiger partial charge < -0.3 is 31.1 Å². The molecule has 0 aromatic rings. The van der Waals surface area contributed by atoms with E-state index in [2.05, 4.69) is 21.3 Å². The van der Waals surface area contributed by atoms with E-state index in [1.165, 1.54) is 11.8 Å². The van der Waals surface area contributed by atoms with Gasteiger partial charge in [-0.1, -0.05) is 73.0 Å². The molecule has 12 nitrogen and oxygen atoms in total. The number of nitrogens with one attached hydrogen (secondary N) is 4. The Morgan fingerprint density at radius 3 is 2.13 bits per heavy atom. The number of ketones is 2. The van der Waals surface area contributed by atoms with E-state index in [0.29, 0.717) is 38.9 Å². The third kappa shape index (κ3) is 10.8. The minimum absolute atomic E-state index is 0.170. The van der Waals surface area contributed by atoms with Gasteiger partial charge in [0.1, 0.15) is 12.1 Å². The maximum atomic E-state index is 14.3. The second kappa shape index (κ2) is 16.4. The number of hydrogen-bond donors (Lipinski definition) is 4. The van der Waals surface area contributed by atoms with E-state index in [-0.39, 0.29) is 18.5 Å².